The molecule has 1 aromatic heterocycles. The second kappa shape index (κ2) is 29.5. The molecule has 4 aliphatic rings. The number of aromatic amines is 1. The second-order valence-corrected chi connectivity index (χ2v) is 21.4. The maximum Gasteiger partial charge on any atom is 0.312 e. The van der Waals surface area contributed by atoms with Crippen LogP contribution >= 0.6 is 0 Å². The molecule has 4 saturated heterocycles. The second-order valence-electron chi connectivity index (χ2n) is 21.4. The van der Waals surface area contributed by atoms with Gasteiger partial charge in [-0.1, -0.05) is 101 Å². The highest BCUT2D eigenvalue weighted by molar-refractivity contribution is 6.09. The summed E-state index contributed by atoms with van der Waals surface area (Å²) >= 11 is 0. The van der Waals surface area contributed by atoms with E-state index in [1.807, 2.05) is 0 Å². The number of aromatic nitrogens is 1. The van der Waals surface area contributed by atoms with Crippen molar-refractivity contribution in [3.8, 4) is 5.75 Å². The number of ketones is 1. The molecule has 1 amide bonds. The van der Waals surface area contributed by atoms with Crippen LogP contribution in [0.1, 0.15) is 79.1 Å². The lowest BCUT2D eigenvalue weighted by molar-refractivity contribution is -0.395. The molecule has 13 unspecified atom stereocenters. The first kappa shape index (κ1) is 66.7. The van der Waals surface area contributed by atoms with Gasteiger partial charge in [0.25, 0.3) is 5.56 Å². The summed E-state index contributed by atoms with van der Waals surface area (Å²) in [4.78, 5) is 54.2. The first-order chi connectivity index (χ1) is 38.3. The van der Waals surface area contributed by atoms with Crippen LogP contribution in [0.25, 0.3) is 0 Å². The number of aliphatic carboxylic acids is 1. The van der Waals surface area contributed by atoms with Gasteiger partial charge in [-0.25, -0.2) is 0 Å². The fraction of sp³-hybridized carbons (Fsp3) is 0.621. The number of allylic oxidation sites excluding steroid dienone is 10. The lowest BCUT2D eigenvalue weighted by Crippen LogP contribution is -2.71. The Morgan fingerprint density at radius 3 is 2.10 bits per heavy atom. The van der Waals surface area contributed by atoms with Crippen molar-refractivity contribution in [3.05, 3.63) is 112 Å². The Morgan fingerprint density at radius 2 is 1.48 bits per heavy atom. The maximum absolute atomic E-state index is 14.1. The van der Waals surface area contributed by atoms with Crippen LogP contribution in [0.2, 0.25) is 0 Å². The predicted octanol–water partition coefficient (Wildman–Crippen LogP) is 2.43. The highest BCUT2D eigenvalue weighted by atomic mass is 16.7. The van der Waals surface area contributed by atoms with E-state index in [0.29, 0.717) is 5.57 Å². The lowest BCUT2D eigenvalue weighted by atomic mass is 9.70. The molecule has 0 aliphatic carbocycles. The van der Waals surface area contributed by atoms with Gasteiger partial charge in [-0.05, 0) is 58.3 Å². The van der Waals surface area contributed by atoms with E-state index in [2.05, 4.69) is 10.3 Å². The Labute approximate surface area is 472 Å². The number of hydrogen-bond donors (Lipinski definition) is 10. The van der Waals surface area contributed by atoms with E-state index in [4.69, 9.17) is 42.6 Å². The van der Waals surface area contributed by atoms with Gasteiger partial charge in [0.15, 0.2) is 18.4 Å². The number of ether oxygens (including phenoxy) is 9. The zero-order chi connectivity index (χ0) is 60.3. The van der Waals surface area contributed by atoms with Gasteiger partial charge in [-0.2, -0.15) is 0 Å². The number of carboxylic acids is 1. The number of hydrogen-bond acceptors (Lipinski definition) is 20. The van der Waals surface area contributed by atoms with E-state index in [1.54, 1.807) is 109 Å². The zero-order valence-electron chi connectivity index (χ0n) is 47.9. The van der Waals surface area contributed by atoms with Crippen LogP contribution in [0.15, 0.2) is 101 Å². The third kappa shape index (κ3) is 15.0. The number of amides is 1. The summed E-state index contributed by atoms with van der Waals surface area (Å²) in [5.41, 5.74) is -1.44. The number of rotatable bonds is 24. The predicted molar refractivity (Wildman–Crippen MR) is 292 cm³/mol. The summed E-state index contributed by atoms with van der Waals surface area (Å²) in [6.07, 6.45) is -0.0601. The van der Waals surface area contributed by atoms with Crippen LogP contribution in [-0.4, -0.2) is 201 Å². The number of carboxylic acid groups (broad SMARTS) is 1. The molecule has 81 heavy (non-hydrogen) atoms. The van der Waals surface area contributed by atoms with E-state index in [0.717, 1.165) is 0 Å². The minimum atomic E-state index is -2.62. The van der Waals surface area contributed by atoms with Gasteiger partial charge >= 0.3 is 5.97 Å². The number of aliphatic hydroxyl groups is 6. The fourth-order valence-electron chi connectivity index (χ4n) is 11.0. The molecule has 0 spiro atoms. The Balaban J connectivity index is 1.25. The summed E-state index contributed by atoms with van der Waals surface area (Å²) in [5, 5.41) is 92.7. The molecule has 0 saturated carbocycles. The normalized spacial score (nSPS) is 36.2. The third-order valence-corrected chi connectivity index (χ3v) is 15.6. The number of carbonyl (C=O) groups excluding carboxylic acids is 2. The average molecular weight is 1150 g/mol. The van der Waals surface area contributed by atoms with Gasteiger partial charge in [0.05, 0.1) is 42.5 Å². The van der Waals surface area contributed by atoms with Gasteiger partial charge in [0.1, 0.15) is 72.2 Å². The molecular weight excluding hydrogens is 1060 g/mol. The van der Waals surface area contributed by atoms with Crippen molar-refractivity contribution in [1.82, 2.24) is 10.3 Å². The molecular formula is C58H84N2O21. The highest BCUT2D eigenvalue weighted by Gasteiger charge is 2.63. The molecule has 0 radical (unpaired) electrons. The Bertz CT molecular complexity index is 2560. The molecule has 4 fully saturated rings. The largest absolute Gasteiger partial charge is 0.507 e. The van der Waals surface area contributed by atoms with Gasteiger partial charge in [0, 0.05) is 45.4 Å². The minimum Gasteiger partial charge on any atom is -0.507 e. The summed E-state index contributed by atoms with van der Waals surface area (Å²) in [6, 6.07) is 1.21. The van der Waals surface area contributed by atoms with E-state index in [-0.39, 0.29) is 24.1 Å². The standard InChI is InChI=1S/C58H84N2O21/c1-13-15-17-25-37-57(8,9)51(80-55-42(64)39(54(70)71)47(32(6)76-55)79-56-49(75-12)44(66)48(74-11)33(7)77-56)50(67)58(72,81-37)34(14-2)52(68)59-27-21-20-23-30(4)45(73-10)31(5)46-43(65)41(63)36(78-46)24-19-16-18-22-29(3)40(62)38-35(61)26-28-60-53(38)69/h13,15-26,28,31-34,36-37,39,41-51,55-56,63-67,72H,14,27H2,1-12H3,(H,59,68)(H,70,71)(H2,60,61,69)/b15-13-,18-16+,21-20+,24-19+,25-17+,29-22+,30-23+/t31-,32?,33?,34-,36?,37?,39?,41?,42?,43?,44?,45-,46?,47-,48+,49?,50?,51?,55+,56+,58-/m1/s1. The Kier molecular flexibility index (Phi) is 24.3. The van der Waals surface area contributed by atoms with Gasteiger partial charge in [0.2, 0.25) is 11.7 Å². The van der Waals surface area contributed by atoms with Crippen LogP contribution in [0.4, 0.5) is 0 Å². The van der Waals surface area contributed by atoms with Crippen molar-refractivity contribution in [2.45, 2.75) is 179 Å². The smallest absolute Gasteiger partial charge is 0.312 e. The molecule has 5 rings (SSSR count). The van der Waals surface area contributed by atoms with Crippen LogP contribution in [-0.2, 0) is 52.2 Å². The third-order valence-electron chi connectivity index (χ3n) is 15.6. The van der Waals surface area contributed by atoms with E-state index < -0.39 is 162 Å². The highest BCUT2D eigenvalue weighted by Crippen LogP contribution is 2.48. The maximum atomic E-state index is 14.1. The molecule has 1 aromatic rings. The quantitative estimate of drug-likeness (QED) is 0.0404. The molecule has 0 aromatic carbocycles. The monoisotopic (exact) mass is 1140 g/mol. The summed E-state index contributed by atoms with van der Waals surface area (Å²) in [5.74, 6) is -9.49. The van der Waals surface area contributed by atoms with Crippen LogP contribution in [0.3, 0.4) is 0 Å². The summed E-state index contributed by atoms with van der Waals surface area (Å²) in [6.45, 7) is 15.0. The summed E-state index contributed by atoms with van der Waals surface area (Å²) < 4.78 is 53.7. The average Bonchev–Trinajstić information content (AvgIpc) is 3.71. The molecule has 0 bridgehead atoms. The number of carbonyl (C=O) groups is 3. The zero-order valence-corrected chi connectivity index (χ0v) is 47.9. The van der Waals surface area contributed by atoms with Gasteiger partial charge in [-0.3, -0.25) is 19.2 Å². The molecule has 23 heteroatoms. The van der Waals surface area contributed by atoms with Gasteiger partial charge in [-0.15, -0.1) is 0 Å². The van der Waals surface area contributed by atoms with Crippen molar-refractivity contribution in [3.63, 3.8) is 0 Å². The van der Waals surface area contributed by atoms with Crippen molar-refractivity contribution in [2.75, 3.05) is 27.9 Å². The minimum absolute atomic E-state index is 0.0414. The molecule has 21 atom stereocenters. The van der Waals surface area contributed by atoms with Crippen LogP contribution in [0.5, 0.6) is 5.75 Å². The van der Waals surface area contributed by atoms with Crippen molar-refractivity contribution < 1.29 is 97.9 Å². The van der Waals surface area contributed by atoms with E-state index in [9.17, 15) is 60.0 Å². The molecule has 4 aliphatic heterocycles. The van der Waals surface area contributed by atoms with Crippen LogP contribution < -0.4 is 10.9 Å². The molecule has 10 N–H and O–H groups in total. The van der Waals surface area contributed by atoms with Gasteiger partial charge < -0.3 is 93.8 Å². The fourth-order valence-corrected chi connectivity index (χ4v) is 11.0. The van der Waals surface area contributed by atoms with Crippen LogP contribution in [0, 0.1) is 23.2 Å². The van der Waals surface area contributed by atoms with Crippen molar-refractivity contribution >= 4 is 17.7 Å². The Morgan fingerprint density at radius 1 is 0.827 bits per heavy atom. The summed E-state index contributed by atoms with van der Waals surface area (Å²) in [7, 11) is 4.21. The number of nitrogens with one attached hydrogen (secondary N) is 2. The number of H-pyrrole nitrogens is 1. The molecule has 5 heterocycles. The number of aromatic hydroxyl groups is 1. The number of aliphatic hydroxyl groups excluding tert-OH is 5. The van der Waals surface area contributed by atoms with Crippen molar-refractivity contribution in [2.24, 2.45) is 23.2 Å². The van der Waals surface area contributed by atoms with Crippen molar-refractivity contribution in [1.29, 1.82) is 0 Å². The first-order valence-electron chi connectivity index (χ1n) is 27.0. The first-order valence-corrected chi connectivity index (χ1v) is 27.0. The number of pyridine rings is 1. The number of methoxy groups -OCH3 is 3. The molecule has 452 valence electrons. The lowest BCUT2D eigenvalue weighted by Gasteiger charge is -2.55. The topological polar surface area (TPSA) is 341 Å². The van der Waals surface area contributed by atoms with E-state index in [1.165, 1.54) is 59.6 Å². The SMILES string of the molecule is C/C=C\C=C\C1O[C@](O)([C@H](CC)C(=O)NC/C=C/C=C(\C)[C@@H](OC)[C@@H](C)C2OC(/C=C/C=C/C=C(\C)C(=O)c3c(O)cc[nH]c3=O)C(O)C2O)C(O)C(O[C@@H]2OC(C)[C@@H](O[C@@H]3OC(C)[C@H](OC)C(O)C3OC)C(C(=O)O)C2O)C1(C)C. The Hall–Kier alpha value is -5.06. The molecule has 23 nitrogen and oxygen atoms in total. The number of Topliss-reactive ketones (excluding diaryl/α,β-unsaturated/α-hetero) is 1. The van der Waals surface area contributed by atoms with E-state index >= 15 is 0 Å².